The minimum absolute atomic E-state index is 0.0567. The number of aryl methyl sites for hydroxylation is 1. The molecule has 5 nitrogen and oxygen atoms in total. The second-order valence-electron chi connectivity index (χ2n) is 5.38. The maximum absolute atomic E-state index is 12.5. The van der Waals surface area contributed by atoms with Gasteiger partial charge in [-0.15, -0.1) is 11.3 Å². The van der Waals surface area contributed by atoms with E-state index >= 15 is 0 Å². The van der Waals surface area contributed by atoms with Gasteiger partial charge in [0, 0.05) is 23.2 Å². The zero-order chi connectivity index (χ0) is 15.6. The van der Waals surface area contributed by atoms with E-state index in [4.69, 9.17) is 5.73 Å². The van der Waals surface area contributed by atoms with Crippen LogP contribution in [0.15, 0.2) is 17.6 Å². The molecule has 2 N–H and O–H groups in total. The lowest BCUT2D eigenvalue weighted by Crippen LogP contribution is -2.26. The summed E-state index contributed by atoms with van der Waals surface area (Å²) in [6.07, 6.45) is 0. The van der Waals surface area contributed by atoms with E-state index in [2.05, 4.69) is 9.97 Å². The number of pyridine rings is 1. The number of nitrogen functional groups attached to an aromatic ring is 1. The lowest BCUT2D eigenvalue weighted by Gasteiger charge is -2.17. The number of nitrogens with zero attached hydrogens (tertiary/aromatic N) is 3. The SMILES string of the molecule is Cc1ncsc1CN(C)C(=O)c1cc(N)nc(C(C)C)c1. The number of hydrogen-bond acceptors (Lipinski definition) is 5. The maximum Gasteiger partial charge on any atom is 0.254 e. The number of carbonyl (C=O) groups excluding carboxylic acids is 1. The molecule has 1 amide bonds. The van der Waals surface area contributed by atoms with Gasteiger partial charge in [-0.1, -0.05) is 13.8 Å². The Balaban J connectivity index is 2.21. The minimum Gasteiger partial charge on any atom is -0.384 e. The lowest BCUT2D eigenvalue weighted by molar-refractivity contribution is 0.0786. The van der Waals surface area contributed by atoms with Gasteiger partial charge in [-0.3, -0.25) is 4.79 Å². The predicted octanol–water partition coefficient (Wildman–Crippen LogP) is 2.82. The van der Waals surface area contributed by atoms with Crippen LogP contribution in [0.3, 0.4) is 0 Å². The molecule has 0 saturated carbocycles. The first-order valence-electron chi connectivity index (χ1n) is 6.80. The maximum atomic E-state index is 12.5. The monoisotopic (exact) mass is 304 g/mol. The van der Waals surface area contributed by atoms with Gasteiger partial charge in [0.15, 0.2) is 0 Å². The normalized spacial score (nSPS) is 10.9. The lowest BCUT2D eigenvalue weighted by atomic mass is 10.1. The third kappa shape index (κ3) is 3.58. The first-order chi connectivity index (χ1) is 9.88. The average Bonchev–Trinajstić information content (AvgIpc) is 2.82. The molecule has 0 bridgehead atoms. The number of carbonyl (C=O) groups is 1. The molecule has 112 valence electrons. The first-order valence-corrected chi connectivity index (χ1v) is 7.68. The largest absolute Gasteiger partial charge is 0.384 e. The second kappa shape index (κ2) is 6.22. The number of nitrogens with two attached hydrogens (primary N) is 1. The topological polar surface area (TPSA) is 72.1 Å². The molecular weight excluding hydrogens is 284 g/mol. The molecule has 21 heavy (non-hydrogen) atoms. The number of amides is 1. The number of aromatic nitrogens is 2. The molecule has 0 radical (unpaired) electrons. The van der Waals surface area contributed by atoms with E-state index in [0.717, 1.165) is 16.3 Å². The molecule has 2 aromatic heterocycles. The Morgan fingerprint density at radius 3 is 2.71 bits per heavy atom. The zero-order valence-electron chi connectivity index (χ0n) is 12.8. The van der Waals surface area contributed by atoms with Crippen molar-refractivity contribution in [1.82, 2.24) is 14.9 Å². The highest BCUT2D eigenvalue weighted by atomic mass is 32.1. The molecule has 2 aromatic rings. The molecule has 0 aliphatic carbocycles. The van der Waals surface area contributed by atoms with Crippen LogP contribution in [0.25, 0.3) is 0 Å². The Bertz CT molecular complexity index is 651. The predicted molar refractivity (Wildman–Crippen MR) is 85.4 cm³/mol. The van der Waals surface area contributed by atoms with Crippen molar-refractivity contribution >= 4 is 23.1 Å². The van der Waals surface area contributed by atoms with Crippen molar-refractivity contribution in [2.24, 2.45) is 0 Å². The summed E-state index contributed by atoms with van der Waals surface area (Å²) < 4.78 is 0. The van der Waals surface area contributed by atoms with Gasteiger partial charge in [-0.25, -0.2) is 9.97 Å². The standard InChI is InChI=1S/C15H20N4OS/c1-9(2)12-5-11(6-14(16)18-12)15(20)19(4)7-13-10(3)17-8-21-13/h5-6,8-9H,7H2,1-4H3,(H2,16,18). The molecule has 0 aliphatic rings. The van der Waals surface area contributed by atoms with Gasteiger partial charge in [0.2, 0.25) is 0 Å². The van der Waals surface area contributed by atoms with Gasteiger partial charge in [0.1, 0.15) is 5.82 Å². The summed E-state index contributed by atoms with van der Waals surface area (Å²) in [5, 5.41) is 0. The fourth-order valence-electron chi connectivity index (χ4n) is 1.98. The summed E-state index contributed by atoms with van der Waals surface area (Å²) in [6.45, 7) is 6.56. The summed E-state index contributed by atoms with van der Waals surface area (Å²) >= 11 is 1.56. The molecule has 0 spiro atoms. The van der Waals surface area contributed by atoms with Crippen LogP contribution in [0, 0.1) is 6.92 Å². The van der Waals surface area contributed by atoms with E-state index in [0.29, 0.717) is 17.9 Å². The summed E-state index contributed by atoms with van der Waals surface area (Å²) in [7, 11) is 1.78. The number of hydrogen-bond donors (Lipinski definition) is 1. The van der Waals surface area contributed by atoms with Gasteiger partial charge in [-0.2, -0.15) is 0 Å². The third-order valence-corrected chi connectivity index (χ3v) is 4.20. The van der Waals surface area contributed by atoms with E-state index in [-0.39, 0.29) is 11.8 Å². The van der Waals surface area contributed by atoms with Crippen LogP contribution in [-0.2, 0) is 6.54 Å². The molecule has 6 heteroatoms. The van der Waals surface area contributed by atoms with Crippen LogP contribution in [0.4, 0.5) is 5.82 Å². The number of rotatable bonds is 4. The van der Waals surface area contributed by atoms with Gasteiger partial charge in [0.25, 0.3) is 5.91 Å². The van der Waals surface area contributed by atoms with Gasteiger partial charge < -0.3 is 10.6 Å². The van der Waals surface area contributed by atoms with E-state index < -0.39 is 0 Å². The third-order valence-electron chi connectivity index (χ3n) is 3.28. The van der Waals surface area contributed by atoms with Gasteiger partial charge in [-0.05, 0) is 25.0 Å². The summed E-state index contributed by atoms with van der Waals surface area (Å²) in [5.74, 6) is 0.555. The molecular formula is C15H20N4OS. The molecule has 2 heterocycles. The van der Waals surface area contributed by atoms with Crippen molar-refractivity contribution in [2.45, 2.75) is 33.2 Å². The van der Waals surface area contributed by atoms with Crippen molar-refractivity contribution in [3.63, 3.8) is 0 Å². The van der Waals surface area contributed by atoms with Crippen molar-refractivity contribution in [2.75, 3.05) is 12.8 Å². The highest BCUT2D eigenvalue weighted by Crippen LogP contribution is 2.19. The van der Waals surface area contributed by atoms with Crippen molar-refractivity contribution in [3.8, 4) is 0 Å². The number of thiazole rings is 1. The minimum atomic E-state index is -0.0567. The highest BCUT2D eigenvalue weighted by molar-refractivity contribution is 7.09. The van der Waals surface area contributed by atoms with Crippen molar-refractivity contribution in [1.29, 1.82) is 0 Å². The molecule has 2 rings (SSSR count). The quantitative estimate of drug-likeness (QED) is 0.942. The Morgan fingerprint density at radius 2 is 2.14 bits per heavy atom. The van der Waals surface area contributed by atoms with E-state index in [1.807, 2.05) is 26.8 Å². The Labute approximate surface area is 128 Å². The van der Waals surface area contributed by atoms with Crippen LogP contribution in [0.1, 0.15) is 46.4 Å². The van der Waals surface area contributed by atoms with Crippen LogP contribution >= 0.6 is 11.3 Å². The molecule has 0 saturated heterocycles. The molecule has 0 fully saturated rings. The Kier molecular flexibility index (Phi) is 4.57. The van der Waals surface area contributed by atoms with Crippen molar-refractivity contribution < 1.29 is 4.79 Å². The highest BCUT2D eigenvalue weighted by Gasteiger charge is 2.16. The number of anilines is 1. The van der Waals surface area contributed by atoms with Crippen LogP contribution in [-0.4, -0.2) is 27.8 Å². The average molecular weight is 304 g/mol. The molecule has 0 aromatic carbocycles. The van der Waals surface area contributed by atoms with E-state index in [9.17, 15) is 4.79 Å². The van der Waals surface area contributed by atoms with Crippen LogP contribution in [0.5, 0.6) is 0 Å². The summed E-state index contributed by atoms with van der Waals surface area (Å²) in [6, 6.07) is 3.45. The summed E-state index contributed by atoms with van der Waals surface area (Å²) in [4.78, 5) is 23.8. The fraction of sp³-hybridized carbons (Fsp3) is 0.400. The zero-order valence-corrected chi connectivity index (χ0v) is 13.6. The fourth-order valence-corrected chi connectivity index (χ4v) is 2.81. The Morgan fingerprint density at radius 1 is 1.43 bits per heavy atom. The van der Waals surface area contributed by atoms with Crippen LogP contribution < -0.4 is 5.73 Å². The first kappa shape index (κ1) is 15.4. The molecule has 0 aliphatic heterocycles. The van der Waals surface area contributed by atoms with Gasteiger partial charge >= 0.3 is 0 Å². The second-order valence-corrected chi connectivity index (χ2v) is 6.32. The molecule has 0 atom stereocenters. The molecule has 0 unspecified atom stereocenters. The van der Waals surface area contributed by atoms with Crippen molar-refractivity contribution in [3.05, 3.63) is 39.5 Å². The smallest absolute Gasteiger partial charge is 0.254 e. The Hall–Kier alpha value is -1.95. The van der Waals surface area contributed by atoms with E-state index in [1.165, 1.54) is 0 Å². The summed E-state index contributed by atoms with van der Waals surface area (Å²) in [5.41, 5.74) is 9.98. The van der Waals surface area contributed by atoms with Gasteiger partial charge in [0.05, 0.1) is 17.7 Å². The van der Waals surface area contributed by atoms with E-state index in [1.54, 1.807) is 34.9 Å². The van der Waals surface area contributed by atoms with Crippen LogP contribution in [0.2, 0.25) is 0 Å².